The van der Waals surface area contributed by atoms with Gasteiger partial charge >= 0.3 is 5.97 Å². The summed E-state index contributed by atoms with van der Waals surface area (Å²) in [7, 11) is 1.39. The average Bonchev–Trinajstić information content (AvgIpc) is 2.72. The monoisotopic (exact) mass is 349 g/mol. The fourth-order valence-electron chi connectivity index (χ4n) is 2.93. The van der Waals surface area contributed by atoms with Crippen LogP contribution >= 0.6 is 0 Å². The van der Waals surface area contributed by atoms with Gasteiger partial charge in [0.2, 0.25) is 0 Å². The molecule has 0 N–H and O–H groups in total. The molecule has 0 atom stereocenters. The van der Waals surface area contributed by atoms with Crippen LogP contribution in [0.2, 0.25) is 0 Å². The normalized spacial score (nSPS) is 14.9. The molecule has 1 fully saturated rings. The van der Waals surface area contributed by atoms with E-state index in [1.54, 1.807) is 12.1 Å². The van der Waals surface area contributed by atoms with Crippen molar-refractivity contribution in [2.45, 2.75) is 0 Å². The van der Waals surface area contributed by atoms with Crippen molar-refractivity contribution in [2.24, 2.45) is 4.99 Å². The molecule has 2 aromatic rings. The molecule has 1 aliphatic rings. The van der Waals surface area contributed by atoms with E-state index in [2.05, 4.69) is 16.4 Å². The number of rotatable bonds is 4. The SMILES string of the molecule is C=CN1CCN(/C(=N/c2ccccc2)c2ccc(C(=O)OC)cc2)CC1. The van der Waals surface area contributed by atoms with Crippen molar-refractivity contribution in [3.8, 4) is 0 Å². The third-order valence-electron chi connectivity index (χ3n) is 4.43. The van der Waals surface area contributed by atoms with Crippen molar-refractivity contribution < 1.29 is 9.53 Å². The Morgan fingerprint density at radius 2 is 1.62 bits per heavy atom. The fourth-order valence-corrected chi connectivity index (χ4v) is 2.93. The number of para-hydroxylation sites is 1. The highest BCUT2D eigenvalue weighted by Crippen LogP contribution is 2.18. The number of carbonyl (C=O) groups is 1. The standard InChI is InChI=1S/C21H23N3O2/c1-3-23-13-15-24(16-14-23)20(22-19-7-5-4-6-8-19)17-9-11-18(12-10-17)21(25)26-2/h3-12H,1,13-16H2,2H3/b22-20+. The number of carbonyl (C=O) groups excluding carboxylic acids is 1. The summed E-state index contributed by atoms with van der Waals surface area (Å²) in [6.45, 7) is 7.42. The lowest BCUT2D eigenvalue weighted by atomic mass is 10.1. The quantitative estimate of drug-likeness (QED) is 0.483. The number of piperazine rings is 1. The van der Waals surface area contributed by atoms with Crippen LogP contribution in [0.25, 0.3) is 0 Å². The molecule has 1 saturated heterocycles. The third-order valence-corrected chi connectivity index (χ3v) is 4.43. The summed E-state index contributed by atoms with van der Waals surface area (Å²) < 4.78 is 4.78. The summed E-state index contributed by atoms with van der Waals surface area (Å²) in [5.74, 6) is 0.578. The van der Waals surface area contributed by atoms with E-state index < -0.39 is 0 Å². The van der Waals surface area contributed by atoms with E-state index >= 15 is 0 Å². The molecule has 3 rings (SSSR count). The van der Waals surface area contributed by atoms with Crippen LogP contribution in [-0.4, -0.2) is 54.9 Å². The molecule has 0 bridgehead atoms. The Morgan fingerprint density at radius 3 is 2.19 bits per heavy atom. The van der Waals surface area contributed by atoms with Gasteiger partial charge in [-0.15, -0.1) is 0 Å². The summed E-state index contributed by atoms with van der Waals surface area (Å²) in [5, 5.41) is 0. The molecule has 5 nitrogen and oxygen atoms in total. The number of hydrogen-bond acceptors (Lipinski definition) is 4. The molecule has 5 heteroatoms. The van der Waals surface area contributed by atoms with Crippen LogP contribution in [0.5, 0.6) is 0 Å². The Morgan fingerprint density at radius 1 is 1.00 bits per heavy atom. The number of nitrogens with zero attached hydrogens (tertiary/aromatic N) is 3. The summed E-state index contributed by atoms with van der Waals surface area (Å²) >= 11 is 0. The first kappa shape index (κ1) is 17.7. The Kier molecular flexibility index (Phi) is 5.69. The topological polar surface area (TPSA) is 45.1 Å². The molecule has 0 radical (unpaired) electrons. The number of benzene rings is 2. The Labute approximate surface area is 154 Å². The second kappa shape index (κ2) is 8.34. The zero-order valence-electron chi connectivity index (χ0n) is 15.0. The second-order valence-electron chi connectivity index (χ2n) is 6.05. The number of esters is 1. The molecular weight excluding hydrogens is 326 g/mol. The first-order valence-electron chi connectivity index (χ1n) is 8.65. The van der Waals surface area contributed by atoms with Gasteiger partial charge in [0.1, 0.15) is 5.84 Å². The first-order valence-corrected chi connectivity index (χ1v) is 8.65. The van der Waals surface area contributed by atoms with Crippen molar-refractivity contribution in [3.05, 3.63) is 78.5 Å². The molecule has 0 aliphatic carbocycles. The van der Waals surface area contributed by atoms with Gasteiger partial charge in [0, 0.05) is 31.7 Å². The summed E-state index contributed by atoms with van der Waals surface area (Å²) in [6, 6.07) is 17.3. The fraction of sp³-hybridized carbons (Fsp3) is 0.238. The lowest BCUT2D eigenvalue weighted by molar-refractivity contribution is 0.0600. The molecule has 134 valence electrons. The van der Waals surface area contributed by atoms with E-state index in [1.165, 1.54) is 7.11 Å². The van der Waals surface area contributed by atoms with Gasteiger partial charge in [-0.2, -0.15) is 0 Å². The number of hydrogen-bond donors (Lipinski definition) is 0. The van der Waals surface area contributed by atoms with Gasteiger partial charge in [0.15, 0.2) is 0 Å². The van der Waals surface area contributed by atoms with Crippen LogP contribution in [0.4, 0.5) is 5.69 Å². The van der Waals surface area contributed by atoms with E-state index in [0.717, 1.165) is 43.3 Å². The zero-order valence-corrected chi connectivity index (χ0v) is 15.0. The summed E-state index contributed by atoms with van der Waals surface area (Å²) in [5.41, 5.74) is 2.42. The number of methoxy groups -OCH3 is 1. The minimum Gasteiger partial charge on any atom is -0.465 e. The van der Waals surface area contributed by atoms with Crippen molar-refractivity contribution in [3.63, 3.8) is 0 Å². The van der Waals surface area contributed by atoms with Gasteiger partial charge in [0.05, 0.1) is 18.4 Å². The molecule has 0 amide bonds. The Bertz CT molecular complexity index is 777. The van der Waals surface area contributed by atoms with Gasteiger partial charge < -0.3 is 14.5 Å². The zero-order chi connectivity index (χ0) is 18.4. The molecule has 26 heavy (non-hydrogen) atoms. The number of amidine groups is 1. The van der Waals surface area contributed by atoms with Crippen LogP contribution in [-0.2, 0) is 4.74 Å². The maximum atomic E-state index is 11.7. The minimum absolute atomic E-state index is 0.335. The Balaban J connectivity index is 1.92. The van der Waals surface area contributed by atoms with Gasteiger partial charge in [-0.3, -0.25) is 0 Å². The molecule has 0 aromatic heterocycles. The van der Waals surface area contributed by atoms with Crippen LogP contribution in [0.15, 0.2) is 72.4 Å². The maximum Gasteiger partial charge on any atom is 0.337 e. The van der Waals surface area contributed by atoms with E-state index in [4.69, 9.17) is 9.73 Å². The summed E-state index contributed by atoms with van der Waals surface area (Å²) in [4.78, 5) is 21.0. The minimum atomic E-state index is -0.335. The largest absolute Gasteiger partial charge is 0.465 e. The number of ether oxygens (including phenoxy) is 1. The molecular formula is C21H23N3O2. The predicted octanol–water partition coefficient (Wildman–Crippen LogP) is 3.31. The van der Waals surface area contributed by atoms with E-state index in [-0.39, 0.29) is 5.97 Å². The van der Waals surface area contributed by atoms with Gasteiger partial charge in [0.25, 0.3) is 0 Å². The van der Waals surface area contributed by atoms with Gasteiger partial charge in [-0.25, -0.2) is 9.79 Å². The smallest absolute Gasteiger partial charge is 0.337 e. The third kappa shape index (κ3) is 4.11. The molecule has 0 spiro atoms. The van der Waals surface area contributed by atoms with Crippen LogP contribution in [0.3, 0.4) is 0 Å². The van der Waals surface area contributed by atoms with Gasteiger partial charge in [-0.1, -0.05) is 36.9 Å². The van der Waals surface area contributed by atoms with Crippen LogP contribution in [0.1, 0.15) is 15.9 Å². The highest BCUT2D eigenvalue weighted by Gasteiger charge is 2.19. The lowest BCUT2D eigenvalue weighted by Gasteiger charge is -2.36. The molecule has 2 aromatic carbocycles. The number of aliphatic imine (C=N–C) groups is 1. The van der Waals surface area contributed by atoms with Crippen molar-refractivity contribution >= 4 is 17.5 Å². The lowest BCUT2D eigenvalue weighted by Crippen LogP contribution is -2.47. The van der Waals surface area contributed by atoms with Crippen molar-refractivity contribution in [1.82, 2.24) is 9.80 Å². The average molecular weight is 349 g/mol. The predicted molar refractivity (Wildman–Crippen MR) is 104 cm³/mol. The first-order chi connectivity index (χ1) is 12.7. The van der Waals surface area contributed by atoms with Crippen molar-refractivity contribution in [1.29, 1.82) is 0 Å². The Hall–Kier alpha value is -3.08. The van der Waals surface area contributed by atoms with Crippen molar-refractivity contribution in [2.75, 3.05) is 33.3 Å². The van der Waals surface area contributed by atoms with Crippen LogP contribution < -0.4 is 0 Å². The molecule has 1 aliphatic heterocycles. The molecule has 1 heterocycles. The highest BCUT2D eigenvalue weighted by molar-refractivity contribution is 6.01. The van der Waals surface area contributed by atoms with E-state index in [1.807, 2.05) is 48.7 Å². The molecule has 0 saturated carbocycles. The molecule has 0 unspecified atom stereocenters. The van der Waals surface area contributed by atoms with E-state index in [0.29, 0.717) is 5.56 Å². The van der Waals surface area contributed by atoms with Crippen LogP contribution in [0, 0.1) is 0 Å². The summed E-state index contributed by atoms with van der Waals surface area (Å²) in [6.07, 6.45) is 1.89. The van der Waals surface area contributed by atoms with E-state index in [9.17, 15) is 4.79 Å². The highest BCUT2D eigenvalue weighted by atomic mass is 16.5. The maximum absolute atomic E-state index is 11.7. The second-order valence-corrected chi connectivity index (χ2v) is 6.05. The van der Waals surface area contributed by atoms with Gasteiger partial charge in [-0.05, 0) is 30.5 Å².